The zero-order chi connectivity index (χ0) is 76.8. The first-order chi connectivity index (χ1) is 52.9. The SMILES string of the molecule is [C-]#[N+]C([N+]#[C-])=c1cc/c(=C\c2ccc(-c3sc(-c4c(F)c5c(=N)/c(=N\S)c(-c6cc(CCCC(CCCCCCCCCC)CCCCCCCCCC)c(-c7ccc(/C=c8\ccc(=C(C#N)C#N)s8)s7)s6)c(F)c=5c(=N)/c4=N\S)cc3CCCC(CCCCCCCCCC)CCCCCCCCCC)s2)s1. The zero-order valence-corrected chi connectivity index (χ0v) is 71.3. The second-order valence-electron chi connectivity index (χ2n) is 29.5. The fraction of sp³-hybridized carbons (Fsp3) is 0.533. The van der Waals surface area contributed by atoms with Gasteiger partial charge in [-0.25, -0.2) is 17.6 Å². The molecular formula is C90H114F2N8S8. The van der Waals surface area contributed by atoms with Crippen molar-refractivity contribution < 1.29 is 8.78 Å². The third kappa shape index (κ3) is 26.1. The molecule has 0 spiro atoms. The van der Waals surface area contributed by atoms with Crippen LogP contribution in [0.25, 0.3) is 73.6 Å². The summed E-state index contributed by atoms with van der Waals surface area (Å²) in [5.41, 5.74) is 2.16. The largest absolute Gasteiger partial charge is 0.536 e. The summed E-state index contributed by atoms with van der Waals surface area (Å²) in [6.45, 7) is 24.2. The Hall–Kier alpha value is -5.90. The Kier molecular flexibility index (Phi) is 39.6. The van der Waals surface area contributed by atoms with Gasteiger partial charge < -0.3 is 0 Å². The number of thiol groups is 2. The number of nitriles is 2. The molecule has 2 aliphatic carbocycles. The van der Waals surface area contributed by atoms with Crippen LogP contribution in [0, 0.1) is 80.5 Å². The van der Waals surface area contributed by atoms with E-state index >= 15 is 8.78 Å². The van der Waals surface area contributed by atoms with E-state index in [0.29, 0.717) is 30.7 Å². The van der Waals surface area contributed by atoms with Crippen LogP contribution in [0.5, 0.6) is 0 Å². The maximum Gasteiger partial charge on any atom is 0.536 e. The normalized spacial score (nSPS) is 12.4. The van der Waals surface area contributed by atoms with Gasteiger partial charge in [0.1, 0.15) is 57.7 Å². The van der Waals surface area contributed by atoms with Crippen molar-refractivity contribution in [2.24, 2.45) is 20.6 Å². The highest BCUT2D eigenvalue weighted by Crippen LogP contribution is 2.45. The lowest BCUT2D eigenvalue weighted by Gasteiger charge is -2.17. The highest BCUT2D eigenvalue weighted by atomic mass is 32.1. The van der Waals surface area contributed by atoms with E-state index in [9.17, 15) is 21.3 Å². The zero-order valence-electron chi connectivity index (χ0n) is 64.6. The van der Waals surface area contributed by atoms with Crippen LogP contribution in [-0.2, 0) is 12.8 Å². The monoisotopic (exact) mass is 1600 g/mol. The van der Waals surface area contributed by atoms with Crippen molar-refractivity contribution in [2.45, 2.75) is 297 Å². The summed E-state index contributed by atoms with van der Waals surface area (Å²) in [4.78, 5) is 13.8. The quantitative estimate of drug-likeness (QED) is 0.0172. The standard InChI is InChI=1S/C90H114F2N8S8/c1-7-11-15-19-23-27-31-35-41-63(42-36-32-28-24-20-16-12-8-2)45-39-47-65-57-76(107-88(65)73-54-50-69(104-73)59-68-49-53-72(103-68)67(61-93)62-94)78-82(91)80-81(84(95)86(78)99-101)83(92)79(87(100-102)85(80)96)77-58-66(89(108-77)74-55-51-70(105-74)60-71-52-56-75(106-71)90(97-5)98-6)48-40-46-64(43-37-33-29-25-21-17-13-9-3)44-38-34-30-26-22-18-14-10-4/h49-60,63-64,95-96,101-102H,7-48H2,1-4H3/b68-59+,71-60+,95-84?,96-85?,99-86-,100-87-. The number of rotatable bonds is 50. The molecule has 0 unspecified atom stereocenters. The molecule has 0 aromatic carbocycles. The number of hydrogen-bond donors (Lipinski definition) is 4. The van der Waals surface area contributed by atoms with Crippen LogP contribution in [-0.4, -0.2) is 0 Å². The second kappa shape index (κ2) is 48.8. The number of unbranched alkanes of at least 4 members (excludes halogenated alkanes) is 28. The minimum Gasteiger partial charge on any atom is -0.298 e. The van der Waals surface area contributed by atoms with Gasteiger partial charge in [-0.1, -0.05) is 272 Å². The number of halogens is 2. The Morgan fingerprint density at radius 3 is 1.09 bits per heavy atom. The molecule has 0 atom stereocenters. The summed E-state index contributed by atoms with van der Waals surface area (Å²) in [5.74, 6) is -0.468. The van der Waals surface area contributed by atoms with Gasteiger partial charge >= 0.3 is 5.82 Å². The van der Waals surface area contributed by atoms with Crippen LogP contribution in [0.3, 0.4) is 0 Å². The van der Waals surface area contributed by atoms with Crippen molar-refractivity contribution in [1.29, 1.82) is 21.3 Å². The smallest absolute Gasteiger partial charge is 0.298 e. The molecule has 0 aliphatic heterocycles. The van der Waals surface area contributed by atoms with Crippen molar-refractivity contribution in [3.8, 4) is 52.5 Å². The third-order valence-electron chi connectivity index (χ3n) is 21.3. The summed E-state index contributed by atoms with van der Waals surface area (Å²) >= 11 is 17.8. The van der Waals surface area contributed by atoms with Gasteiger partial charge in [-0.3, -0.25) is 10.8 Å². The maximum atomic E-state index is 18.5. The number of hydrogen-bond acceptors (Lipinski definition) is 14. The van der Waals surface area contributed by atoms with E-state index in [4.69, 9.17) is 13.1 Å². The molecule has 0 saturated carbocycles. The first-order valence-electron chi connectivity index (χ1n) is 40.7. The van der Waals surface area contributed by atoms with E-state index in [-0.39, 0.29) is 54.4 Å². The van der Waals surface area contributed by atoms with Crippen molar-refractivity contribution in [3.05, 3.63) is 166 Å². The molecule has 108 heavy (non-hydrogen) atoms. The van der Waals surface area contributed by atoms with Gasteiger partial charge in [0, 0.05) is 48.1 Å². The van der Waals surface area contributed by atoms with Gasteiger partial charge in [0.05, 0.1) is 36.8 Å². The maximum absolute atomic E-state index is 18.5. The Balaban J connectivity index is 1.18. The van der Waals surface area contributed by atoms with Gasteiger partial charge in [-0.2, -0.15) is 20.2 Å². The lowest BCUT2D eigenvalue weighted by Crippen LogP contribution is -2.37. The van der Waals surface area contributed by atoms with E-state index in [2.05, 4.69) is 108 Å². The molecule has 8 rings (SSSR count). The molecule has 0 radical (unpaired) electrons. The molecule has 0 amide bonds. The molecule has 8 nitrogen and oxygen atoms in total. The van der Waals surface area contributed by atoms with E-state index in [1.54, 1.807) is 28.7 Å². The fourth-order valence-electron chi connectivity index (χ4n) is 15.2. The van der Waals surface area contributed by atoms with E-state index in [1.165, 1.54) is 276 Å². The van der Waals surface area contributed by atoms with Crippen molar-refractivity contribution in [2.75, 3.05) is 0 Å². The number of nitrogens with zero attached hydrogens (tertiary/aromatic N) is 6. The molecule has 0 bridgehead atoms. The van der Waals surface area contributed by atoms with Gasteiger partial charge in [-0.05, 0) is 147 Å². The number of aryl methyl sites for hydroxylation is 2. The molecule has 2 aliphatic rings. The average molecular weight is 1600 g/mol. The number of thiophene rings is 6. The fourth-order valence-corrected chi connectivity index (χ4v) is 22.3. The third-order valence-corrected chi connectivity index (χ3v) is 28.6. The van der Waals surface area contributed by atoms with E-state index < -0.39 is 11.6 Å². The van der Waals surface area contributed by atoms with Crippen molar-refractivity contribution in [3.63, 3.8) is 0 Å². The summed E-state index contributed by atoms with van der Waals surface area (Å²) in [7, 11) is 0. The molecule has 0 fully saturated rings. The second-order valence-corrected chi connectivity index (χ2v) is 36.5. The Morgan fingerprint density at radius 1 is 0.435 bits per heavy atom. The molecule has 2 N–H and O–H groups in total. The summed E-state index contributed by atoms with van der Waals surface area (Å²) in [6, 6.07) is 23.9. The minimum atomic E-state index is -0.865. The van der Waals surface area contributed by atoms with Gasteiger partial charge in [0.15, 0.2) is 0 Å². The van der Waals surface area contributed by atoms with Gasteiger partial charge in [0.25, 0.3) is 0 Å². The Labute approximate surface area is 678 Å². The Bertz CT molecular complexity index is 4510. The molecule has 6 heterocycles. The number of nitrogens with one attached hydrogen (secondary N) is 2. The predicted molar refractivity (Wildman–Crippen MR) is 465 cm³/mol. The van der Waals surface area contributed by atoms with Crippen LogP contribution in [0.4, 0.5) is 8.78 Å². The summed E-state index contributed by atoms with van der Waals surface area (Å²) in [5, 5.41) is 37.5. The van der Waals surface area contributed by atoms with Gasteiger partial charge in [0.2, 0.25) is 0 Å². The molecule has 576 valence electrons. The molecule has 6 aromatic rings. The summed E-state index contributed by atoms with van der Waals surface area (Å²) in [6.07, 6.45) is 55.9. The topological polar surface area (TPSA) is 129 Å². The molecule has 18 heteroatoms. The molecule has 6 aromatic heterocycles. The van der Waals surface area contributed by atoms with Crippen LogP contribution in [0.1, 0.15) is 305 Å². The van der Waals surface area contributed by atoms with Crippen LogP contribution in [0.2, 0.25) is 0 Å². The van der Waals surface area contributed by atoms with Crippen LogP contribution < -0.4 is 39.6 Å². The lowest BCUT2D eigenvalue weighted by atomic mass is 9.89. The van der Waals surface area contributed by atoms with Crippen molar-refractivity contribution in [1.82, 2.24) is 0 Å². The Morgan fingerprint density at radius 2 is 0.759 bits per heavy atom. The van der Waals surface area contributed by atoms with Gasteiger partial charge in [-0.15, -0.1) is 68.0 Å². The first kappa shape index (κ1) is 87.7. The predicted octanol–water partition coefficient (Wildman–Crippen LogP) is 25.8. The highest BCUT2D eigenvalue weighted by Gasteiger charge is 2.27. The van der Waals surface area contributed by atoms with Crippen LogP contribution >= 0.6 is 93.7 Å². The molecular weight excluding hydrogens is 1490 g/mol. The average Bonchev–Trinajstić information content (AvgIpc) is 1.24. The minimum absolute atomic E-state index is 0.00394. The lowest BCUT2D eigenvalue weighted by molar-refractivity contribution is 0.372. The van der Waals surface area contributed by atoms with Crippen molar-refractivity contribution >= 4 is 117 Å². The first-order valence-corrected chi connectivity index (χ1v) is 46.4. The summed E-state index contributed by atoms with van der Waals surface area (Å²) < 4.78 is 48.8. The van der Waals surface area contributed by atoms with E-state index in [1.807, 2.05) is 42.5 Å². The molecule has 0 saturated heterocycles. The highest BCUT2D eigenvalue weighted by molar-refractivity contribution is 7.78. The van der Waals surface area contributed by atoms with E-state index in [0.717, 1.165) is 88.0 Å². The van der Waals surface area contributed by atoms with Crippen LogP contribution in [0.15, 0.2) is 69.5 Å².